The van der Waals surface area contributed by atoms with E-state index in [0.717, 1.165) is 0 Å². The fraction of sp³-hybridized carbons (Fsp3) is 0.246. The molecule has 6 aromatic carbocycles. The van der Waals surface area contributed by atoms with E-state index in [4.69, 9.17) is 0 Å². The summed E-state index contributed by atoms with van der Waals surface area (Å²) in [7, 11) is 0. The third-order valence-corrected chi connectivity index (χ3v) is 15.4. The third-order valence-electron chi connectivity index (χ3n) is 15.4. The fourth-order valence-electron chi connectivity index (χ4n) is 12.3. The molecule has 6 aromatic rings. The first-order valence-corrected chi connectivity index (χ1v) is 22.8. The van der Waals surface area contributed by atoms with E-state index in [2.05, 4.69) is 237 Å². The van der Waals surface area contributed by atoms with Gasteiger partial charge in [-0.15, -0.1) is 0 Å². The Balaban J connectivity index is 1.23. The van der Waals surface area contributed by atoms with Crippen molar-refractivity contribution in [2.45, 2.75) is 78.6 Å². The van der Waals surface area contributed by atoms with Crippen LogP contribution in [0.4, 0.5) is 11.4 Å². The Morgan fingerprint density at radius 1 is 0.548 bits per heavy atom. The van der Waals surface area contributed by atoms with Crippen LogP contribution in [0.5, 0.6) is 0 Å². The van der Waals surface area contributed by atoms with E-state index >= 15 is 0 Å². The zero-order valence-corrected chi connectivity index (χ0v) is 37.8. The average Bonchev–Trinajstić information content (AvgIpc) is 3.50. The lowest BCUT2D eigenvalue weighted by molar-refractivity contribution is 0.445. The van der Waals surface area contributed by atoms with Crippen molar-refractivity contribution >= 4 is 16.9 Å². The molecule has 0 fully saturated rings. The second-order valence-electron chi connectivity index (χ2n) is 20.5. The van der Waals surface area contributed by atoms with Gasteiger partial charge in [0.2, 0.25) is 0 Å². The predicted octanol–water partition coefficient (Wildman–Crippen LogP) is 16.1. The molecule has 0 bridgehead atoms. The summed E-state index contributed by atoms with van der Waals surface area (Å²) >= 11 is 0. The summed E-state index contributed by atoms with van der Waals surface area (Å²) in [5.41, 5.74) is 23.3. The van der Waals surface area contributed by atoms with Crippen molar-refractivity contribution in [2.75, 3.05) is 4.90 Å². The molecule has 0 radical (unpaired) electrons. The van der Waals surface area contributed by atoms with Crippen LogP contribution in [0.25, 0.3) is 39.0 Å². The van der Waals surface area contributed by atoms with Gasteiger partial charge in [-0.05, 0) is 134 Å². The van der Waals surface area contributed by atoms with Crippen molar-refractivity contribution in [3.8, 4) is 33.4 Å². The summed E-state index contributed by atoms with van der Waals surface area (Å²) in [6, 6.07) is 53.1. The molecule has 0 aliphatic heterocycles. The first-order chi connectivity index (χ1) is 29.7. The number of fused-ring (bicyclic) bond motifs is 6. The van der Waals surface area contributed by atoms with Crippen molar-refractivity contribution in [2.24, 2.45) is 17.3 Å². The van der Waals surface area contributed by atoms with Crippen LogP contribution in [0, 0.1) is 17.3 Å². The summed E-state index contributed by atoms with van der Waals surface area (Å²) in [5.74, 6) is 0.727. The largest absolute Gasteiger partial charge is 0.310 e. The van der Waals surface area contributed by atoms with Gasteiger partial charge in [-0.2, -0.15) is 0 Å². The second kappa shape index (κ2) is 13.4. The van der Waals surface area contributed by atoms with Crippen LogP contribution in [0.1, 0.15) is 90.1 Å². The summed E-state index contributed by atoms with van der Waals surface area (Å²) in [4.78, 5) is 2.62. The van der Waals surface area contributed by atoms with Crippen LogP contribution in [-0.2, 0) is 16.2 Å². The standard InChI is InChI=1S/C61H57N/c1-38-33-34-60(8)52-22-16-14-20-47(52)56-54(32-28-44-35-39(2)55(38)57(60)61(44,56)9)62(45-29-30-51-49(37-45)46-19-13-15-21-50(46)59(51,6)7)53-31-25-42(36-48(53)41-17-11-10-12-18-41)40-23-26-43(27-24-40)58(3,4)5/h10-39H,1-9H3. The fourth-order valence-corrected chi connectivity index (χ4v) is 12.3. The molecule has 0 heterocycles. The van der Waals surface area contributed by atoms with Gasteiger partial charge in [-0.1, -0.05) is 194 Å². The smallest absolute Gasteiger partial charge is 0.0540 e. The van der Waals surface area contributed by atoms with Crippen LogP contribution < -0.4 is 4.90 Å². The summed E-state index contributed by atoms with van der Waals surface area (Å²) in [6.45, 7) is 21.5. The van der Waals surface area contributed by atoms with Gasteiger partial charge in [-0.3, -0.25) is 0 Å². The SMILES string of the molecule is CC1C=CC2(C)C3=C1C(C)C=C1C=CC(N(c4ccc5c(c4)-c4ccccc4C5(C)C)c4ccc(-c5ccc(C(C)(C)C)cc5)cc4-c4ccccc4)=C(c4ccccc42)C13C. The highest BCUT2D eigenvalue weighted by molar-refractivity contribution is 5.98. The van der Waals surface area contributed by atoms with E-state index in [1.165, 1.54) is 89.4 Å². The van der Waals surface area contributed by atoms with Gasteiger partial charge in [0, 0.05) is 27.5 Å². The average molecular weight is 804 g/mol. The lowest BCUT2D eigenvalue weighted by Crippen LogP contribution is -2.47. The Morgan fingerprint density at radius 3 is 1.95 bits per heavy atom. The molecule has 0 amide bonds. The minimum atomic E-state index is -0.334. The predicted molar refractivity (Wildman–Crippen MR) is 263 cm³/mol. The molecular formula is C61H57N. The molecule has 0 saturated carbocycles. The van der Waals surface area contributed by atoms with Gasteiger partial charge >= 0.3 is 0 Å². The molecule has 0 N–H and O–H groups in total. The number of allylic oxidation sites excluding steroid dienone is 9. The Kier molecular flexibility index (Phi) is 8.37. The summed E-state index contributed by atoms with van der Waals surface area (Å²) in [6.07, 6.45) is 12.5. The van der Waals surface area contributed by atoms with Gasteiger partial charge in [-0.25, -0.2) is 0 Å². The zero-order valence-electron chi connectivity index (χ0n) is 37.8. The maximum absolute atomic E-state index is 2.62. The Hall–Kier alpha value is -6.18. The Bertz CT molecular complexity index is 3010. The van der Waals surface area contributed by atoms with Gasteiger partial charge in [0.15, 0.2) is 0 Å². The number of anilines is 2. The molecule has 1 nitrogen and oxygen atoms in total. The van der Waals surface area contributed by atoms with E-state index in [1.807, 2.05) is 0 Å². The molecule has 4 atom stereocenters. The van der Waals surface area contributed by atoms with Crippen LogP contribution in [0.3, 0.4) is 0 Å². The highest BCUT2D eigenvalue weighted by Crippen LogP contribution is 2.68. The van der Waals surface area contributed by atoms with Gasteiger partial charge in [0.1, 0.15) is 0 Å². The quantitative estimate of drug-likeness (QED) is 0.157. The molecule has 5 aliphatic carbocycles. The Labute approximate surface area is 369 Å². The lowest BCUT2D eigenvalue weighted by Gasteiger charge is -2.57. The zero-order chi connectivity index (χ0) is 42.9. The number of rotatable bonds is 5. The Morgan fingerprint density at radius 2 is 1.21 bits per heavy atom. The van der Waals surface area contributed by atoms with Crippen molar-refractivity contribution in [1.82, 2.24) is 0 Å². The molecule has 5 aliphatic rings. The lowest BCUT2D eigenvalue weighted by atomic mass is 9.46. The van der Waals surface area contributed by atoms with Crippen molar-refractivity contribution in [3.05, 3.63) is 220 Å². The molecular weight excluding hydrogens is 747 g/mol. The minimum Gasteiger partial charge on any atom is -0.310 e. The molecule has 306 valence electrons. The molecule has 11 rings (SSSR count). The molecule has 62 heavy (non-hydrogen) atoms. The first kappa shape index (κ1) is 38.7. The molecule has 0 aromatic heterocycles. The molecule has 0 saturated heterocycles. The highest BCUT2D eigenvalue weighted by Gasteiger charge is 2.56. The maximum Gasteiger partial charge on any atom is 0.0540 e. The van der Waals surface area contributed by atoms with Gasteiger partial charge in [0.25, 0.3) is 0 Å². The van der Waals surface area contributed by atoms with Crippen LogP contribution >= 0.6 is 0 Å². The number of benzene rings is 6. The topological polar surface area (TPSA) is 3.24 Å². The number of nitrogens with zero attached hydrogens (tertiary/aromatic N) is 1. The third kappa shape index (κ3) is 5.40. The molecule has 1 heteroatoms. The number of hydrogen-bond donors (Lipinski definition) is 0. The van der Waals surface area contributed by atoms with Gasteiger partial charge in [0.05, 0.1) is 11.4 Å². The molecule has 4 unspecified atom stereocenters. The maximum atomic E-state index is 2.62. The van der Waals surface area contributed by atoms with Crippen molar-refractivity contribution in [3.63, 3.8) is 0 Å². The van der Waals surface area contributed by atoms with E-state index in [-0.39, 0.29) is 21.7 Å². The van der Waals surface area contributed by atoms with Crippen LogP contribution in [0.2, 0.25) is 0 Å². The van der Waals surface area contributed by atoms with E-state index < -0.39 is 0 Å². The van der Waals surface area contributed by atoms with E-state index in [9.17, 15) is 0 Å². The van der Waals surface area contributed by atoms with E-state index in [1.54, 1.807) is 11.1 Å². The summed E-state index contributed by atoms with van der Waals surface area (Å²) < 4.78 is 0. The van der Waals surface area contributed by atoms with E-state index in [0.29, 0.717) is 11.8 Å². The van der Waals surface area contributed by atoms with Crippen LogP contribution in [-0.4, -0.2) is 0 Å². The normalized spacial score (nSPS) is 23.7. The van der Waals surface area contributed by atoms with Crippen LogP contribution in [0.15, 0.2) is 192 Å². The second-order valence-corrected chi connectivity index (χ2v) is 20.5. The van der Waals surface area contributed by atoms with Gasteiger partial charge < -0.3 is 4.90 Å². The van der Waals surface area contributed by atoms with Crippen molar-refractivity contribution < 1.29 is 0 Å². The van der Waals surface area contributed by atoms with Crippen molar-refractivity contribution in [1.29, 1.82) is 0 Å². The first-order valence-electron chi connectivity index (χ1n) is 22.8. The summed E-state index contributed by atoms with van der Waals surface area (Å²) in [5, 5.41) is 0. The number of hydrogen-bond acceptors (Lipinski definition) is 1. The minimum absolute atomic E-state index is 0.0892. The molecule has 0 spiro atoms. The monoisotopic (exact) mass is 803 g/mol. The highest BCUT2D eigenvalue weighted by atomic mass is 15.2.